The van der Waals surface area contributed by atoms with Gasteiger partial charge in [0.15, 0.2) is 0 Å². The highest BCUT2D eigenvalue weighted by molar-refractivity contribution is 6.05. The number of urea groups is 1. The van der Waals surface area contributed by atoms with Crippen LogP contribution in [0.25, 0.3) is 5.69 Å². The molecule has 0 atom stereocenters. The second kappa shape index (κ2) is 7.56. The van der Waals surface area contributed by atoms with Gasteiger partial charge in [-0.05, 0) is 36.8 Å². The van der Waals surface area contributed by atoms with E-state index in [2.05, 4.69) is 15.7 Å². The zero-order chi connectivity index (χ0) is 19.5. The molecule has 0 radical (unpaired) electrons. The molecule has 28 heavy (non-hydrogen) atoms. The lowest BCUT2D eigenvalue weighted by atomic mass is 10.1. The van der Waals surface area contributed by atoms with Gasteiger partial charge in [0.1, 0.15) is 0 Å². The second-order valence-electron chi connectivity index (χ2n) is 6.49. The molecule has 0 bridgehead atoms. The molecule has 2 heterocycles. The van der Waals surface area contributed by atoms with Crippen LogP contribution in [0.5, 0.6) is 0 Å². The number of carbonyl (C=O) groups excluding carboxylic acids is 2. The first-order valence-corrected chi connectivity index (χ1v) is 9.26. The summed E-state index contributed by atoms with van der Waals surface area (Å²) in [5, 5.41) is 10.1. The summed E-state index contributed by atoms with van der Waals surface area (Å²) >= 11 is 0. The van der Waals surface area contributed by atoms with Crippen molar-refractivity contribution in [3.63, 3.8) is 0 Å². The van der Waals surface area contributed by atoms with Gasteiger partial charge in [0, 0.05) is 24.5 Å². The highest BCUT2D eigenvalue weighted by Gasteiger charge is 2.22. The smallest absolute Gasteiger partial charge is 0.321 e. The number of anilines is 2. The molecule has 0 spiro atoms. The first kappa shape index (κ1) is 17.8. The maximum absolute atomic E-state index is 12.9. The van der Waals surface area contributed by atoms with E-state index >= 15 is 0 Å². The molecule has 3 aromatic rings. The summed E-state index contributed by atoms with van der Waals surface area (Å²) in [5.41, 5.74) is 3.69. The van der Waals surface area contributed by atoms with Gasteiger partial charge in [-0.15, -0.1) is 0 Å². The van der Waals surface area contributed by atoms with Crippen LogP contribution in [0, 0.1) is 0 Å². The van der Waals surface area contributed by atoms with Crippen molar-refractivity contribution in [2.45, 2.75) is 13.3 Å². The number of hydrogen-bond acceptors (Lipinski definition) is 3. The van der Waals surface area contributed by atoms with Gasteiger partial charge in [0.2, 0.25) is 0 Å². The Balaban J connectivity index is 1.58. The summed E-state index contributed by atoms with van der Waals surface area (Å²) in [6.45, 7) is 3.23. The number of benzene rings is 2. The van der Waals surface area contributed by atoms with Crippen LogP contribution in [0.1, 0.15) is 23.0 Å². The van der Waals surface area contributed by atoms with Gasteiger partial charge in [-0.25, -0.2) is 9.48 Å². The summed E-state index contributed by atoms with van der Waals surface area (Å²) in [5.74, 6) is -0.220. The quantitative estimate of drug-likeness (QED) is 0.719. The number of aromatic nitrogens is 2. The molecule has 7 nitrogen and oxygen atoms in total. The van der Waals surface area contributed by atoms with Crippen LogP contribution >= 0.6 is 0 Å². The molecule has 1 aromatic heterocycles. The molecule has 4 rings (SSSR count). The third kappa shape index (κ3) is 3.34. The Morgan fingerprint density at radius 3 is 2.64 bits per heavy atom. The Morgan fingerprint density at radius 1 is 1.14 bits per heavy atom. The Kier molecular flexibility index (Phi) is 4.80. The summed E-state index contributed by atoms with van der Waals surface area (Å²) in [6.07, 6.45) is 2.27. The summed E-state index contributed by atoms with van der Waals surface area (Å²) < 4.78 is 1.79. The van der Waals surface area contributed by atoms with Crippen LogP contribution in [-0.4, -0.2) is 34.8 Å². The summed E-state index contributed by atoms with van der Waals surface area (Å²) in [7, 11) is 0. The average Bonchev–Trinajstić information content (AvgIpc) is 3.35. The molecule has 2 N–H and O–H groups in total. The first-order chi connectivity index (χ1) is 13.7. The second-order valence-corrected chi connectivity index (χ2v) is 6.49. The van der Waals surface area contributed by atoms with Crippen molar-refractivity contribution in [2.24, 2.45) is 0 Å². The van der Waals surface area contributed by atoms with Crippen LogP contribution < -0.4 is 15.5 Å². The molecule has 1 aliphatic rings. The van der Waals surface area contributed by atoms with Crippen LogP contribution in [0.2, 0.25) is 0 Å². The standard InChI is InChI=1S/C21H21N5O2/c1-2-19-18(14-23-26(19)16-8-4-3-5-9-16)20(27)24-15-7-6-10-17(13-15)25-12-11-22-21(25)28/h3-10,13-14H,2,11-12H2,1H3,(H,22,28)(H,24,27). The number of para-hydroxylation sites is 1. The minimum atomic E-state index is -0.220. The molecule has 0 aliphatic carbocycles. The lowest BCUT2D eigenvalue weighted by Crippen LogP contribution is -2.27. The Labute approximate surface area is 163 Å². The molecule has 2 aromatic carbocycles. The first-order valence-electron chi connectivity index (χ1n) is 9.26. The van der Waals surface area contributed by atoms with Crippen molar-refractivity contribution in [1.29, 1.82) is 0 Å². The van der Waals surface area contributed by atoms with Crippen molar-refractivity contribution in [3.8, 4) is 5.69 Å². The third-order valence-electron chi connectivity index (χ3n) is 4.72. The van der Waals surface area contributed by atoms with E-state index < -0.39 is 0 Å². The SMILES string of the molecule is CCc1c(C(=O)Nc2cccc(N3CCNC3=O)c2)cnn1-c1ccccc1. The van der Waals surface area contributed by atoms with Crippen LogP contribution in [0.15, 0.2) is 60.8 Å². The highest BCUT2D eigenvalue weighted by Crippen LogP contribution is 2.22. The maximum Gasteiger partial charge on any atom is 0.321 e. The Bertz CT molecular complexity index is 1010. The van der Waals surface area contributed by atoms with E-state index in [9.17, 15) is 9.59 Å². The van der Waals surface area contributed by atoms with Crippen molar-refractivity contribution in [2.75, 3.05) is 23.3 Å². The zero-order valence-corrected chi connectivity index (χ0v) is 15.6. The van der Waals surface area contributed by atoms with Gasteiger partial charge in [-0.1, -0.05) is 31.2 Å². The van der Waals surface area contributed by atoms with Gasteiger partial charge in [0.05, 0.1) is 23.1 Å². The van der Waals surface area contributed by atoms with E-state index in [1.165, 1.54) is 0 Å². The van der Waals surface area contributed by atoms with E-state index in [1.54, 1.807) is 21.8 Å². The average molecular weight is 375 g/mol. The molecule has 1 fully saturated rings. The highest BCUT2D eigenvalue weighted by atomic mass is 16.2. The Morgan fingerprint density at radius 2 is 1.93 bits per heavy atom. The topological polar surface area (TPSA) is 79.3 Å². The van der Waals surface area contributed by atoms with E-state index in [0.717, 1.165) is 17.1 Å². The third-order valence-corrected chi connectivity index (χ3v) is 4.72. The normalized spacial score (nSPS) is 13.5. The fourth-order valence-corrected chi connectivity index (χ4v) is 3.36. The maximum atomic E-state index is 12.9. The fourth-order valence-electron chi connectivity index (χ4n) is 3.36. The van der Waals surface area contributed by atoms with Gasteiger partial charge in [-0.3, -0.25) is 9.69 Å². The number of nitrogens with zero attached hydrogens (tertiary/aromatic N) is 3. The van der Waals surface area contributed by atoms with Crippen molar-refractivity contribution in [3.05, 3.63) is 72.1 Å². The number of carbonyl (C=O) groups is 2. The largest absolute Gasteiger partial charge is 0.336 e. The molecule has 1 aliphatic heterocycles. The van der Waals surface area contributed by atoms with Crippen molar-refractivity contribution in [1.82, 2.24) is 15.1 Å². The molecular formula is C21H21N5O2. The molecule has 0 saturated carbocycles. The van der Waals surface area contributed by atoms with E-state index in [4.69, 9.17) is 0 Å². The number of nitrogens with one attached hydrogen (secondary N) is 2. The molecule has 0 unspecified atom stereocenters. The lowest BCUT2D eigenvalue weighted by molar-refractivity contribution is 0.102. The van der Waals surface area contributed by atoms with Gasteiger partial charge in [-0.2, -0.15) is 5.10 Å². The minimum absolute atomic E-state index is 0.124. The molecule has 3 amide bonds. The predicted octanol–water partition coefficient (Wildman–Crippen LogP) is 3.22. The molecule has 1 saturated heterocycles. The van der Waals surface area contributed by atoms with E-state index in [1.807, 2.05) is 55.5 Å². The lowest BCUT2D eigenvalue weighted by Gasteiger charge is -2.15. The number of rotatable bonds is 5. The van der Waals surface area contributed by atoms with Crippen LogP contribution in [0.4, 0.5) is 16.2 Å². The van der Waals surface area contributed by atoms with Gasteiger partial charge >= 0.3 is 6.03 Å². The van der Waals surface area contributed by atoms with Crippen molar-refractivity contribution >= 4 is 23.3 Å². The van der Waals surface area contributed by atoms with Gasteiger partial charge in [0.25, 0.3) is 5.91 Å². The number of amides is 3. The predicted molar refractivity (Wildman–Crippen MR) is 108 cm³/mol. The zero-order valence-electron chi connectivity index (χ0n) is 15.6. The van der Waals surface area contributed by atoms with Crippen LogP contribution in [-0.2, 0) is 6.42 Å². The van der Waals surface area contributed by atoms with Crippen molar-refractivity contribution < 1.29 is 9.59 Å². The summed E-state index contributed by atoms with van der Waals surface area (Å²) in [4.78, 5) is 26.4. The Hall–Kier alpha value is -3.61. The van der Waals surface area contributed by atoms with E-state index in [0.29, 0.717) is 30.8 Å². The fraction of sp³-hybridized carbons (Fsp3) is 0.190. The van der Waals surface area contributed by atoms with E-state index in [-0.39, 0.29) is 11.9 Å². The molecule has 7 heteroatoms. The molecular weight excluding hydrogens is 354 g/mol. The monoisotopic (exact) mass is 375 g/mol. The minimum Gasteiger partial charge on any atom is -0.336 e. The summed E-state index contributed by atoms with van der Waals surface area (Å²) in [6, 6.07) is 16.9. The molecule has 142 valence electrons. The van der Waals surface area contributed by atoms with Gasteiger partial charge < -0.3 is 10.6 Å². The number of hydrogen-bond donors (Lipinski definition) is 2. The van der Waals surface area contributed by atoms with Crippen LogP contribution in [0.3, 0.4) is 0 Å².